The van der Waals surface area contributed by atoms with Crippen molar-refractivity contribution in [3.8, 4) is 5.75 Å². The first-order chi connectivity index (χ1) is 14.7. The molecule has 0 spiro atoms. The fraction of sp³-hybridized carbons (Fsp3) is 0.160. The first-order valence-corrected chi connectivity index (χ1v) is 10.4. The molecule has 6 heteroatoms. The summed E-state index contributed by atoms with van der Waals surface area (Å²) in [5.74, 6) is 0.368. The summed E-state index contributed by atoms with van der Waals surface area (Å²) < 4.78 is 6.04. The average molecular weight is 456 g/mol. The largest absolute Gasteiger partial charge is 0.508 e. The van der Waals surface area contributed by atoms with Crippen LogP contribution in [0.25, 0.3) is 5.57 Å². The molecule has 4 nitrogen and oxygen atoms in total. The molecule has 1 unspecified atom stereocenters. The molecule has 0 saturated heterocycles. The molecule has 0 amide bonds. The third kappa shape index (κ3) is 5.47. The molecular formula is C25H23Cl2NO3. The number of halogens is 2. The van der Waals surface area contributed by atoms with E-state index in [9.17, 15) is 10.2 Å². The molecule has 0 saturated carbocycles. The summed E-state index contributed by atoms with van der Waals surface area (Å²) in [7, 11) is 0. The number of hydrogen-bond donors (Lipinski definition) is 2. The predicted molar refractivity (Wildman–Crippen MR) is 125 cm³/mol. The Morgan fingerprint density at radius 2 is 1.58 bits per heavy atom. The maximum atomic E-state index is 11.3. The molecular weight excluding hydrogens is 433 g/mol. The van der Waals surface area contributed by atoms with Gasteiger partial charge in [-0.25, -0.2) is 0 Å². The molecule has 0 bridgehead atoms. The lowest BCUT2D eigenvalue weighted by atomic mass is 9.87. The topological polar surface area (TPSA) is 62.6 Å². The highest BCUT2D eigenvalue weighted by Gasteiger charge is 2.33. The number of hydrogen-bond acceptors (Lipinski definition) is 4. The van der Waals surface area contributed by atoms with Crippen molar-refractivity contribution in [1.29, 1.82) is 0 Å². The van der Waals surface area contributed by atoms with E-state index in [1.807, 2.05) is 0 Å². The maximum Gasteiger partial charge on any atom is 0.160 e. The van der Waals surface area contributed by atoms with Crippen molar-refractivity contribution >= 4 is 28.8 Å². The van der Waals surface area contributed by atoms with Crippen molar-refractivity contribution < 1.29 is 14.9 Å². The number of benzene rings is 2. The van der Waals surface area contributed by atoms with Crippen molar-refractivity contribution in [3.63, 3.8) is 0 Å². The Kier molecular flexibility index (Phi) is 7.06. The van der Waals surface area contributed by atoms with Gasteiger partial charge in [0.25, 0.3) is 0 Å². The number of aliphatic hydroxyl groups excluding tert-OH is 2. The van der Waals surface area contributed by atoms with Crippen molar-refractivity contribution in [2.24, 2.45) is 0 Å². The molecule has 2 aromatic carbocycles. The van der Waals surface area contributed by atoms with Gasteiger partial charge in [0.1, 0.15) is 17.6 Å². The van der Waals surface area contributed by atoms with Gasteiger partial charge in [-0.3, -0.25) is 4.98 Å². The third-order valence-electron chi connectivity index (χ3n) is 4.80. The highest BCUT2D eigenvalue weighted by Crippen LogP contribution is 2.38. The van der Waals surface area contributed by atoms with Gasteiger partial charge in [0.15, 0.2) is 5.60 Å². The zero-order chi connectivity index (χ0) is 22.6. The van der Waals surface area contributed by atoms with Gasteiger partial charge >= 0.3 is 0 Å². The van der Waals surface area contributed by atoms with Gasteiger partial charge < -0.3 is 14.9 Å². The van der Waals surface area contributed by atoms with E-state index in [2.05, 4.69) is 11.6 Å². The lowest BCUT2D eigenvalue weighted by Gasteiger charge is -2.30. The van der Waals surface area contributed by atoms with Crippen molar-refractivity contribution in [1.82, 2.24) is 4.98 Å². The summed E-state index contributed by atoms with van der Waals surface area (Å²) in [5.41, 5.74) is 0.715. The molecule has 160 valence electrons. The molecule has 0 radical (unpaired) electrons. The van der Waals surface area contributed by atoms with Crippen LogP contribution in [0.5, 0.6) is 5.75 Å². The second kappa shape index (κ2) is 9.56. The Balaban J connectivity index is 2.08. The van der Waals surface area contributed by atoms with Crippen LogP contribution < -0.4 is 4.74 Å². The maximum absolute atomic E-state index is 11.3. The number of nitrogens with zero attached hydrogens (tertiary/aromatic N) is 1. The van der Waals surface area contributed by atoms with Crippen LogP contribution in [0.15, 0.2) is 91.0 Å². The van der Waals surface area contributed by atoms with Crippen LogP contribution in [-0.2, 0) is 0 Å². The monoisotopic (exact) mass is 455 g/mol. The van der Waals surface area contributed by atoms with Crippen molar-refractivity contribution in [3.05, 3.63) is 112 Å². The summed E-state index contributed by atoms with van der Waals surface area (Å²) in [6.45, 7) is 7.56. The van der Waals surface area contributed by atoms with E-state index in [1.54, 1.807) is 86.9 Å². The molecule has 0 aliphatic rings. The molecule has 1 aromatic heterocycles. The summed E-state index contributed by atoms with van der Waals surface area (Å²) >= 11 is 12.0. The molecule has 3 aromatic rings. The van der Waals surface area contributed by atoms with Gasteiger partial charge in [0, 0.05) is 33.6 Å². The van der Waals surface area contributed by atoms with Gasteiger partial charge in [-0.1, -0.05) is 48.0 Å². The molecule has 1 heterocycles. The minimum atomic E-state index is -1.18. The number of pyridine rings is 1. The van der Waals surface area contributed by atoms with Crippen LogP contribution >= 0.6 is 23.2 Å². The van der Waals surface area contributed by atoms with Gasteiger partial charge in [0.2, 0.25) is 0 Å². The molecule has 31 heavy (non-hydrogen) atoms. The minimum Gasteiger partial charge on any atom is -0.508 e. The SMILES string of the molecule is C=C(/C(=C(\O)C(C)(C)Oc1ccc(Cl)cc1)C(O)c1cccnc1)c1ccc(Cl)cc1. The van der Waals surface area contributed by atoms with Crippen LogP contribution in [-0.4, -0.2) is 20.8 Å². The van der Waals surface area contributed by atoms with E-state index in [1.165, 1.54) is 0 Å². The first-order valence-electron chi connectivity index (χ1n) is 9.60. The molecule has 1 atom stereocenters. The average Bonchev–Trinajstić information content (AvgIpc) is 2.76. The normalized spacial score (nSPS) is 13.3. The Bertz CT molecular complexity index is 1080. The van der Waals surface area contributed by atoms with Crippen LogP contribution in [0.1, 0.15) is 31.1 Å². The van der Waals surface area contributed by atoms with E-state index < -0.39 is 11.7 Å². The molecule has 3 rings (SSSR count). The lowest BCUT2D eigenvalue weighted by Crippen LogP contribution is -2.33. The van der Waals surface area contributed by atoms with E-state index in [0.29, 0.717) is 32.5 Å². The van der Waals surface area contributed by atoms with E-state index in [4.69, 9.17) is 27.9 Å². The second-order valence-electron chi connectivity index (χ2n) is 7.50. The second-order valence-corrected chi connectivity index (χ2v) is 8.38. The molecule has 0 fully saturated rings. The summed E-state index contributed by atoms with van der Waals surface area (Å²) in [6, 6.07) is 17.3. The van der Waals surface area contributed by atoms with E-state index in [0.717, 1.165) is 0 Å². The van der Waals surface area contributed by atoms with Crippen LogP contribution in [0.2, 0.25) is 10.0 Å². The molecule has 0 aliphatic carbocycles. The van der Waals surface area contributed by atoms with Crippen molar-refractivity contribution in [2.75, 3.05) is 0 Å². The van der Waals surface area contributed by atoms with Gasteiger partial charge in [-0.15, -0.1) is 0 Å². The van der Waals surface area contributed by atoms with Crippen LogP contribution in [0.3, 0.4) is 0 Å². The quantitative estimate of drug-likeness (QED) is 0.303. The number of aromatic nitrogens is 1. The van der Waals surface area contributed by atoms with E-state index in [-0.39, 0.29) is 11.3 Å². The highest BCUT2D eigenvalue weighted by atomic mass is 35.5. The van der Waals surface area contributed by atoms with E-state index >= 15 is 0 Å². The smallest absolute Gasteiger partial charge is 0.160 e. The number of aliphatic hydroxyl groups is 2. The van der Waals surface area contributed by atoms with Gasteiger partial charge in [-0.2, -0.15) is 0 Å². The minimum absolute atomic E-state index is 0.154. The zero-order valence-electron chi connectivity index (χ0n) is 17.2. The Morgan fingerprint density at radius 1 is 1.00 bits per heavy atom. The third-order valence-corrected chi connectivity index (χ3v) is 5.31. The zero-order valence-corrected chi connectivity index (χ0v) is 18.7. The highest BCUT2D eigenvalue weighted by molar-refractivity contribution is 6.30. The standard InChI is InChI=1S/C25H23Cl2NO3/c1-16(17-6-8-19(26)9-7-17)22(23(29)18-5-4-14-28-15-18)24(30)25(2,3)31-21-12-10-20(27)11-13-21/h4-15,23,29-30H,1H2,2-3H3/b24-22+. The lowest BCUT2D eigenvalue weighted by molar-refractivity contribution is 0.0888. The Labute approximate surface area is 192 Å². The number of rotatable bonds is 7. The number of ether oxygens (including phenoxy) is 1. The van der Waals surface area contributed by atoms with Gasteiger partial charge in [-0.05, 0) is 67.4 Å². The van der Waals surface area contributed by atoms with Crippen LogP contribution in [0, 0.1) is 0 Å². The summed E-state index contributed by atoms with van der Waals surface area (Å²) in [4.78, 5) is 4.07. The van der Waals surface area contributed by atoms with Gasteiger partial charge in [0.05, 0.1) is 0 Å². The Hall–Kier alpha value is -2.79. The summed E-state index contributed by atoms with van der Waals surface area (Å²) in [6.07, 6.45) is 1.98. The predicted octanol–water partition coefficient (Wildman–Crippen LogP) is 6.80. The summed E-state index contributed by atoms with van der Waals surface area (Å²) in [5, 5.41) is 23.7. The van der Waals surface area contributed by atoms with Crippen molar-refractivity contribution in [2.45, 2.75) is 25.6 Å². The fourth-order valence-corrected chi connectivity index (χ4v) is 3.37. The first kappa shape index (κ1) is 22.9. The fourth-order valence-electron chi connectivity index (χ4n) is 3.12. The Morgan fingerprint density at radius 3 is 2.13 bits per heavy atom. The van der Waals surface area contributed by atoms with Crippen LogP contribution in [0.4, 0.5) is 0 Å². The molecule has 2 N–H and O–H groups in total. The molecule has 0 aliphatic heterocycles.